The van der Waals surface area contributed by atoms with E-state index >= 15 is 0 Å². The molecule has 0 bridgehead atoms. The summed E-state index contributed by atoms with van der Waals surface area (Å²) in [6, 6.07) is 11.3. The van der Waals surface area contributed by atoms with E-state index in [1.807, 2.05) is 44.2 Å². The Bertz CT molecular complexity index is 609. The minimum atomic E-state index is -0.439. The maximum atomic E-state index is 11.2. The number of carbonyl (C=O) groups is 1. The van der Waals surface area contributed by atoms with Crippen molar-refractivity contribution in [3.05, 3.63) is 53.1 Å². The molecule has 2 rings (SSSR count). The summed E-state index contributed by atoms with van der Waals surface area (Å²) in [4.78, 5) is 11.2. The lowest BCUT2D eigenvalue weighted by molar-refractivity contribution is 0.108. The predicted molar refractivity (Wildman–Crippen MR) is 78.1 cm³/mol. The Hall–Kier alpha value is -1.80. The number of benzene rings is 2. The van der Waals surface area contributed by atoms with Crippen LogP contribution in [0.4, 0.5) is 0 Å². The van der Waals surface area contributed by atoms with Crippen molar-refractivity contribution in [2.45, 2.75) is 13.8 Å². The van der Waals surface area contributed by atoms with Gasteiger partial charge in [0.05, 0.1) is 7.11 Å². The molecule has 98 valence electrons. The highest BCUT2D eigenvalue weighted by Crippen LogP contribution is 2.31. The molecule has 0 aliphatic rings. The lowest BCUT2D eigenvalue weighted by Gasteiger charge is -2.13. The van der Waals surface area contributed by atoms with Gasteiger partial charge in [0, 0.05) is 5.56 Å². The van der Waals surface area contributed by atoms with Gasteiger partial charge in [-0.2, -0.15) is 0 Å². The van der Waals surface area contributed by atoms with Crippen molar-refractivity contribution in [2.75, 3.05) is 7.11 Å². The first-order valence-electron chi connectivity index (χ1n) is 5.98. The van der Waals surface area contributed by atoms with E-state index in [2.05, 4.69) is 0 Å². The standard InChI is InChI=1S/C16H15ClO2/c1-10-7-14(19-3)8-11(2)15(10)12-5-4-6-13(9-12)16(17)18/h4-9H,1-3H3. The van der Waals surface area contributed by atoms with Crippen LogP contribution in [0.25, 0.3) is 11.1 Å². The number of halogens is 1. The lowest BCUT2D eigenvalue weighted by atomic mass is 9.94. The van der Waals surface area contributed by atoms with E-state index in [0.29, 0.717) is 5.56 Å². The van der Waals surface area contributed by atoms with Gasteiger partial charge in [-0.3, -0.25) is 4.79 Å². The summed E-state index contributed by atoms with van der Waals surface area (Å²) in [6.45, 7) is 4.06. The molecular weight excluding hydrogens is 260 g/mol. The van der Waals surface area contributed by atoms with Crippen molar-refractivity contribution in [3.63, 3.8) is 0 Å². The van der Waals surface area contributed by atoms with Crippen LogP contribution in [0.5, 0.6) is 5.75 Å². The summed E-state index contributed by atoms with van der Waals surface area (Å²) in [7, 11) is 1.65. The zero-order valence-corrected chi connectivity index (χ0v) is 11.9. The van der Waals surface area contributed by atoms with Gasteiger partial charge in [-0.1, -0.05) is 18.2 Å². The minimum Gasteiger partial charge on any atom is -0.497 e. The summed E-state index contributed by atoms with van der Waals surface area (Å²) in [5.41, 5.74) is 4.82. The van der Waals surface area contributed by atoms with Crippen LogP contribution in [0.2, 0.25) is 0 Å². The second kappa shape index (κ2) is 5.45. The highest BCUT2D eigenvalue weighted by Gasteiger charge is 2.10. The molecule has 19 heavy (non-hydrogen) atoms. The Morgan fingerprint density at radius 3 is 2.26 bits per heavy atom. The molecule has 0 fully saturated rings. The Balaban J connectivity index is 2.59. The first kappa shape index (κ1) is 13.6. The van der Waals surface area contributed by atoms with Crippen LogP contribution in [0.3, 0.4) is 0 Å². The number of hydrogen-bond donors (Lipinski definition) is 0. The van der Waals surface area contributed by atoms with Crippen molar-refractivity contribution in [1.29, 1.82) is 0 Å². The van der Waals surface area contributed by atoms with Crippen LogP contribution < -0.4 is 4.74 Å². The Kier molecular flexibility index (Phi) is 3.91. The van der Waals surface area contributed by atoms with Gasteiger partial charge in [0.1, 0.15) is 5.75 Å². The van der Waals surface area contributed by atoms with Gasteiger partial charge in [0.2, 0.25) is 0 Å². The van der Waals surface area contributed by atoms with Crippen molar-refractivity contribution in [1.82, 2.24) is 0 Å². The highest BCUT2D eigenvalue weighted by molar-refractivity contribution is 6.67. The summed E-state index contributed by atoms with van der Waals surface area (Å²) in [5, 5.41) is -0.439. The van der Waals surface area contributed by atoms with E-state index in [1.54, 1.807) is 13.2 Å². The van der Waals surface area contributed by atoms with Crippen molar-refractivity contribution < 1.29 is 9.53 Å². The van der Waals surface area contributed by atoms with Crippen LogP contribution >= 0.6 is 11.6 Å². The summed E-state index contributed by atoms with van der Waals surface area (Å²) in [5.74, 6) is 0.836. The summed E-state index contributed by atoms with van der Waals surface area (Å²) < 4.78 is 5.25. The molecule has 3 heteroatoms. The van der Waals surface area contributed by atoms with Gasteiger partial charge in [-0.05, 0) is 65.9 Å². The molecule has 0 unspecified atom stereocenters. The third kappa shape index (κ3) is 2.79. The Morgan fingerprint density at radius 1 is 1.11 bits per heavy atom. The van der Waals surface area contributed by atoms with Gasteiger partial charge in [0.15, 0.2) is 0 Å². The van der Waals surface area contributed by atoms with Crippen LogP contribution in [-0.4, -0.2) is 12.4 Å². The fourth-order valence-electron chi connectivity index (χ4n) is 2.29. The number of carbonyl (C=O) groups excluding carboxylic acids is 1. The van der Waals surface area contributed by atoms with Gasteiger partial charge in [-0.15, -0.1) is 0 Å². The summed E-state index contributed by atoms with van der Waals surface area (Å²) >= 11 is 5.53. The van der Waals surface area contributed by atoms with E-state index < -0.39 is 5.24 Å². The Morgan fingerprint density at radius 2 is 1.74 bits per heavy atom. The van der Waals surface area contributed by atoms with Crippen molar-refractivity contribution in [3.8, 4) is 16.9 Å². The predicted octanol–water partition coefficient (Wildman–Crippen LogP) is 4.36. The zero-order chi connectivity index (χ0) is 14.0. The van der Waals surface area contributed by atoms with Gasteiger partial charge >= 0.3 is 0 Å². The van der Waals surface area contributed by atoms with Crippen LogP contribution in [0.1, 0.15) is 21.5 Å². The fraction of sp³-hybridized carbons (Fsp3) is 0.188. The third-order valence-corrected chi connectivity index (χ3v) is 3.34. The van der Waals surface area contributed by atoms with Gasteiger partial charge < -0.3 is 4.74 Å². The number of ether oxygens (including phenoxy) is 1. The third-order valence-electron chi connectivity index (χ3n) is 3.12. The average Bonchev–Trinajstić information content (AvgIpc) is 2.38. The first-order valence-corrected chi connectivity index (χ1v) is 6.36. The largest absolute Gasteiger partial charge is 0.497 e. The molecule has 2 aromatic carbocycles. The molecule has 0 saturated carbocycles. The molecule has 2 nitrogen and oxygen atoms in total. The van der Waals surface area contributed by atoms with Gasteiger partial charge in [0.25, 0.3) is 5.24 Å². The summed E-state index contributed by atoms with van der Waals surface area (Å²) in [6.07, 6.45) is 0. The van der Waals surface area contributed by atoms with E-state index in [9.17, 15) is 4.79 Å². The van der Waals surface area contributed by atoms with Crippen LogP contribution in [-0.2, 0) is 0 Å². The van der Waals surface area contributed by atoms with Crippen LogP contribution in [0.15, 0.2) is 36.4 Å². The maximum Gasteiger partial charge on any atom is 0.252 e. The van der Waals surface area contributed by atoms with E-state index in [0.717, 1.165) is 28.0 Å². The lowest BCUT2D eigenvalue weighted by Crippen LogP contribution is -1.94. The second-order valence-corrected chi connectivity index (χ2v) is 4.83. The molecule has 0 amide bonds. The minimum absolute atomic E-state index is 0.439. The SMILES string of the molecule is COc1cc(C)c(-c2cccc(C(=O)Cl)c2)c(C)c1. The van der Waals surface area contributed by atoms with Crippen LogP contribution in [0, 0.1) is 13.8 Å². The first-order chi connectivity index (χ1) is 9.02. The quantitative estimate of drug-likeness (QED) is 0.778. The monoisotopic (exact) mass is 274 g/mol. The molecule has 0 aliphatic heterocycles. The smallest absolute Gasteiger partial charge is 0.252 e. The molecule has 0 atom stereocenters. The molecule has 2 aromatic rings. The number of methoxy groups -OCH3 is 1. The fourth-order valence-corrected chi connectivity index (χ4v) is 2.41. The number of hydrogen-bond acceptors (Lipinski definition) is 2. The molecule has 0 saturated heterocycles. The molecule has 0 heterocycles. The number of rotatable bonds is 3. The molecule has 0 aliphatic carbocycles. The molecule has 0 spiro atoms. The van der Waals surface area contributed by atoms with E-state index in [-0.39, 0.29) is 0 Å². The number of aryl methyl sites for hydroxylation is 2. The molecule has 0 radical (unpaired) electrons. The van der Waals surface area contributed by atoms with E-state index in [4.69, 9.17) is 16.3 Å². The molecule has 0 N–H and O–H groups in total. The average molecular weight is 275 g/mol. The molecular formula is C16H15ClO2. The second-order valence-electron chi connectivity index (χ2n) is 4.49. The normalized spacial score (nSPS) is 10.3. The van der Waals surface area contributed by atoms with E-state index in [1.165, 1.54) is 0 Å². The topological polar surface area (TPSA) is 26.3 Å². The Labute approximate surface area is 118 Å². The maximum absolute atomic E-state index is 11.2. The van der Waals surface area contributed by atoms with Gasteiger partial charge in [-0.25, -0.2) is 0 Å². The van der Waals surface area contributed by atoms with Crippen molar-refractivity contribution >= 4 is 16.8 Å². The molecule has 0 aromatic heterocycles. The highest BCUT2D eigenvalue weighted by atomic mass is 35.5. The zero-order valence-electron chi connectivity index (χ0n) is 11.2. The van der Waals surface area contributed by atoms with Crippen molar-refractivity contribution in [2.24, 2.45) is 0 Å².